The highest BCUT2D eigenvalue weighted by molar-refractivity contribution is 6.14. The van der Waals surface area contributed by atoms with E-state index in [0.717, 1.165) is 78.1 Å². The van der Waals surface area contributed by atoms with Gasteiger partial charge in [-0.3, -0.25) is 9.97 Å². The van der Waals surface area contributed by atoms with E-state index in [4.69, 9.17) is 4.98 Å². The maximum absolute atomic E-state index is 10.3. The third-order valence-corrected chi connectivity index (χ3v) is 10.6. The van der Waals surface area contributed by atoms with Crippen molar-refractivity contribution in [3.63, 3.8) is 0 Å². The number of hydrogen-bond acceptors (Lipinski definition) is 4. The minimum atomic E-state index is 0.631. The monoisotopic (exact) mass is 712 g/mol. The van der Waals surface area contributed by atoms with Crippen LogP contribution in [-0.2, 0) is 0 Å². The molecule has 4 nitrogen and oxygen atoms in total. The maximum Gasteiger partial charge on any atom is 0.0992 e. The molecule has 56 heavy (non-hydrogen) atoms. The average Bonchev–Trinajstić information content (AvgIpc) is 3.28. The Morgan fingerprint density at radius 1 is 0.339 bits per heavy atom. The molecule has 3 aromatic heterocycles. The lowest BCUT2D eigenvalue weighted by Gasteiger charge is -2.15. The zero-order chi connectivity index (χ0) is 37.4. The van der Waals surface area contributed by atoms with Gasteiger partial charge in [0.05, 0.1) is 34.4 Å². The van der Waals surface area contributed by atoms with Gasteiger partial charge in [-0.25, -0.2) is 4.98 Å². The van der Waals surface area contributed by atoms with Gasteiger partial charge in [0.15, 0.2) is 0 Å². The van der Waals surface area contributed by atoms with E-state index >= 15 is 0 Å². The van der Waals surface area contributed by atoms with Crippen molar-refractivity contribution < 1.29 is 0 Å². The molecule has 0 saturated carbocycles. The molecule has 0 aliphatic carbocycles. The molecule has 0 aliphatic heterocycles. The zero-order valence-corrected chi connectivity index (χ0v) is 30.3. The summed E-state index contributed by atoms with van der Waals surface area (Å²) in [5, 5.41) is 17.3. The van der Waals surface area contributed by atoms with E-state index in [9.17, 15) is 5.26 Å². The van der Waals surface area contributed by atoms with E-state index in [2.05, 4.69) is 149 Å². The second-order valence-electron chi connectivity index (χ2n) is 13.9. The van der Waals surface area contributed by atoms with Crippen LogP contribution in [0.2, 0.25) is 0 Å². The molecule has 0 radical (unpaired) electrons. The fourth-order valence-corrected chi connectivity index (χ4v) is 7.93. The van der Waals surface area contributed by atoms with E-state index in [1.807, 2.05) is 48.5 Å². The molecule has 0 fully saturated rings. The predicted molar refractivity (Wildman–Crippen MR) is 230 cm³/mol. The summed E-state index contributed by atoms with van der Waals surface area (Å²) < 4.78 is 0. The van der Waals surface area contributed by atoms with Gasteiger partial charge in [-0.05, 0) is 137 Å². The van der Waals surface area contributed by atoms with Gasteiger partial charge in [-0.2, -0.15) is 5.26 Å². The Hall–Kier alpha value is -7.74. The Morgan fingerprint density at radius 2 is 0.839 bits per heavy atom. The number of nitrogens with zero attached hydrogens (tertiary/aromatic N) is 4. The van der Waals surface area contributed by atoms with Gasteiger partial charge in [0.25, 0.3) is 0 Å². The van der Waals surface area contributed by atoms with Gasteiger partial charge in [0, 0.05) is 12.4 Å². The number of fused-ring (bicyclic) bond motifs is 4. The van der Waals surface area contributed by atoms with Crippen molar-refractivity contribution in [1.82, 2.24) is 15.0 Å². The van der Waals surface area contributed by atoms with Crippen molar-refractivity contribution in [2.24, 2.45) is 0 Å². The van der Waals surface area contributed by atoms with Crippen LogP contribution in [0.5, 0.6) is 0 Å². The highest BCUT2D eigenvalue weighted by Gasteiger charge is 2.15. The summed E-state index contributed by atoms with van der Waals surface area (Å²) in [5.74, 6) is 0. The second-order valence-corrected chi connectivity index (χ2v) is 13.9. The van der Waals surface area contributed by atoms with Gasteiger partial charge < -0.3 is 0 Å². The van der Waals surface area contributed by atoms with Crippen LogP contribution >= 0.6 is 0 Å². The van der Waals surface area contributed by atoms with Crippen LogP contribution in [0.25, 0.3) is 99.6 Å². The van der Waals surface area contributed by atoms with Gasteiger partial charge >= 0.3 is 0 Å². The van der Waals surface area contributed by atoms with Crippen molar-refractivity contribution in [2.75, 3.05) is 0 Å². The normalized spacial score (nSPS) is 11.2. The first-order chi connectivity index (χ1) is 27.7. The first kappa shape index (κ1) is 32.9. The molecule has 0 atom stereocenters. The van der Waals surface area contributed by atoms with Gasteiger partial charge in [0.1, 0.15) is 0 Å². The van der Waals surface area contributed by atoms with Gasteiger partial charge in [-0.1, -0.05) is 121 Å². The van der Waals surface area contributed by atoms with E-state index < -0.39 is 0 Å². The number of pyridine rings is 3. The fourth-order valence-electron chi connectivity index (χ4n) is 7.93. The summed E-state index contributed by atoms with van der Waals surface area (Å²) >= 11 is 0. The van der Waals surface area contributed by atoms with E-state index in [1.54, 1.807) is 12.4 Å². The van der Waals surface area contributed by atoms with E-state index in [0.29, 0.717) is 5.56 Å². The highest BCUT2D eigenvalue weighted by atomic mass is 14.8. The highest BCUT2D eigenvalue weighted by Crippen LogP contribution is 2.41. The van der Waals surface area contributed by atoms with Gasteiger partial charge in [-0.15, -0.1) is 0 Å². The molecule has 0 spiro atoms. The largest absolute Gasteiger partial charge is 0.255 e. The Kier molecular flexibility index (Phi) is 8.17. The SMILES string of the molecule is N#Cc1cc(-c2ccc(-c3ccc(-c4cc(-c5ccccn5)nc(-c5ccccn5)c4)cc3)c3ccccc23)cc(-c2cc3ccccc3c3ccccc23)c1. The molecule has 7 aromatic carbocycles. The first-order valence-corrected chi connectivity index (χ1v) is 18.6. The lowest BCUT2D eigenvalue weighted by atomic mass is 9.88. The molecule has 10 rings (SSSR count). The van der Waals surface area contributed by atoms with Crippen LogP contribution in [0, 0.1) is 11.3 Å². The molecule has 0 saturated heterocycles. The molecule has 0 N–H and O–H groups in total. The molecular weight excluding hydrogens is 681 g/mol. The van der Waals surface area contributed by atoms with Crippen molar-refractivity contribution in [1.29, 1.82) is 5.26 Å². The summed E-state index contributed by atoms with van der Waals surface area (Å²) in [6, 6.07) is 65.7. The molecule has 3 heterocycles. The van der Waals surface area contributed by atoms with Crippen LogP contribution in [0.1, 0.15) is 5.56 Å². The molecule has 0 aliphatic rings. The third kappa shape index (κ3) is 5.94. The minimum Gasteiger partial charge on any atom is -0.255 e. The second kappa shape index (κ2) is 13.9. The number of hydrogen-bond donors (Lipinski definition) is 0. The van der Waals surface area contributed by atoms with Crippen LogP contribution in [0.4, 0.5) is 0 Å². The predicted octanol–water partition coefficient (Wildman–Crippen LogP) is 13.2. The Labute approximate surface area is 324 Å². The van der Waals surface area contributed by atoms with Gasteiger partial charge in [0.2, 0.25) is 0 Å². The average molecular weight is 713 g/mol. The van der Waals surface area contributed by atoms with Crippen molar-refractivity contribution in [3.05, 3.63) is 200 Å². The van der Waals surface area contributed by atoms with E-state index in [-0.39, 0.29) is 0 Å². The van der Waals surface area contributed by atoms with Crippen LogP contribution in [-0.4, -0.2) is 15.0 Å². The fraction of sp³-hybridized carbons (Fsp3) is 0. The molecule has 0 bridgehead atoms. The van der Waals surface area contributed by atoms with Crippen molar-refractivity contribution in [3.8, 4) is 73.4 Å². The molecule has 4 heteroatoms. The molecule has 0 unspecified atom stereocenters. The number of benzene rings is 7. The van der Waals surface area contributed by atoms with Crippen LogP contribution < -0.4 is 0 Å². The summed E-state index contributed by atoms with van der Waals surface area (Å²) in [5.41, 5.74) is 12.5. The number of rotatable bonds is 6. The quantitative estimate of drug-likeness (QED) is 0.161. The molecule has 0 amide bonds. The van der Waals surface area contributed by atoms with Crippen LogP contribution in [0.3, 0.4) is 0 Å². The smallest absolute Gasteiger partial charge is 0.0992 e. The lowest BCUT2D eigenvalue weighted by Crippen LogP contribution is -1.94. The molecule has 260 valence electrons. The zero-order valence-electron chi connectivity index (χ0n) is 30.3. The lowest BCUT2D eigenvalue weighted by molar-refractivity contribution is 1.22. The maximum atomic E-state index is 10.3. The summed E-state index contributed by atoms with van der Waals surface area (Å²) in [6.07, 6.45) is 3.58. The van der Waals surface area contributed by atoms with E-state index in [1.165, 1.54) is 21.5 Å². The summed E-state index contributed by atoms with van der Waals surface area (Å²) in [6.45, 7) is 0. The summed E-state index contributed by atoms with van der Waals surface area (Å²) in [4.78, 5) is 14.1. The topological polar surface area (TPSA) is 62.5 Å². The third-order valence-electron chi connectivity index (χ3n) is 10.6. The Balaban J connectivity index is 1.06. The minimum absolute atomic E-state index is 0.631. The number of aromatic nitrogens is 3. The van der Waals surface area contributed by atoms with Crippen molar-refractivity contribution in [2.45, 2.75) is 0 Å². The Morgan fingerprint density at radius 3 is 1.43 bits per heavy atom. The van der Waals surface area contributed by atoms with Crippen molar-refractivity contribution >= 4 is 32.3 Å². The summed E-state index contributed by atoms with van der Waals surface area (Å²) in [7, 11) is 0. The first-order valence-electron chi connectivity index (χ1n) is 18.6. The standard InChI is InChI=1S/C52H32N4/c53-33-34-27-39(29-40(28-34)48-30-37-11-1-2-12-41(37)44-13-5-6-16-47(44)48)43-24-23-42(45-14-3-4-15-46(43)45)36-21-19-35(20-22-36)38-31-51(49-17-7-9-25-54-49)56-52(32-38)50-18-8-10-26-55-50/h1-32H. The van der Waals surface area contributed by atoms with Crippen LogP contribution in [0.15, 0.2) is 194 Å². The number of nitriles is 1. The molecule has 10 aromatic rings. The Bertz CT molecular complexity index is 3070. The molecular formula is C52H32N4.